The number of anilines is 1. The van der Waals surface area contributed by atoms with Crippen LogP contribution in [0.5, 0.6) is 17.2 Å². The van der Waals surface area contributed by atoms with Crippen molar-refractivity contribution in [2.24, 2.45) is 0 Å². The van der Waals surface area contributed by atoms with E-state index >= 15 is 0 Å². The predicted molar refractivity (Wildman–Crippen MR) is 121 cm³/mol. The molecular formula is C26H23NO6. The van der Waals surface area contributed by atoms with E-state index < -0.39 is 11.5 Å². The first-order chi connectivity index (χ1) is 16.1. The summed E-state index contributed by atoms with van der Waals surface area (Å²) >= 11 is 0. The third-order valence-electron chi connectivity index (χ3n) is 5.85. The van der Waals surface area contributed by atoms with E-state index in [1.807, 2.05) is 30.3 Å². The van der Waals surface area contributed by atoms with E-state index in [1.165, 1.54) is 4.90 Å². The molecule has 2 aliphatic heterocycles. The van der Waals surface area contributed by atoms with E-state index in [-0.39, 0.29) is 25.4 Å². The summed E-state index contributed by atoms with van der Waals surface area (Å²) < 4.78 is 16.8. The van der Waals surface area contributed by atoms with Crippen molar-refractivity contribution in [1.82, 2.24) is 0 Å². The van der Waals surface area contributed by atoms with Gasteiger partial charge in [-0.2, -0.15) is 0 Å². The van der Waals surface area contributed by atoms with Crippen molar-refractivity contribution in [2.45, 2.75) is 12.0 Å². The van der Waals surface area contributed by atoms with Gasteiger partial charge in [0, 0.05) is 11.1 Å². The van der Waals surface area contributed by atoms with Crippen LogP contribution < -0.4 is 19.1 Å². The summed E-state index contributed by atoms with van der Waals surface area (Å²) in [6, 6.07) is 21.2. The second-order valence-corrected chi connectivity index (χ2v) is 7.95. The van der Waals surface area contributed by atoms with Crippen LogP contribution in [0.3, 0.4) is 0 Å². The molecule has 0 radical (unpaired) electrons. The van der Waals surface area contributed by atoms with Crippen LogP contribution in [0.2, 0.25) is 0 Å². The van der Waals surface area contributed by atoms with Gasteiger partial charge in [-0.05, 0) is 36.4 Å². The minimum absolute atomic E-state index is 0.241. The molecule has 3 aromatic rings. The molecular weight excluding hydrogens is 422 g/mol. The van der Waals surface area contributed by atoms with E-state index in [9.17, 15) is 14.7 Å². The van der Waals surface area contributed by atoms with Gasteiger partial charge in [0.15, 0.2) is 22.9 Å². The number of benzene rings is 3. The minimum Gasteiger partial charge on any atom is -0.492 e. The molecule has 1 amide bonds. The highest BCUT2D eigenvalue weighted by Gasteiger charge is 2.50. The van der Waals surface area contributed by atoms with Crippen molar-refractivity contribution in [2.75, 3.05) is 31.3 Å². The lowest BCUT2D eigenvalue weighted by Gasteiger charge is -2.23. The molecule has 7 nitrogen and oxygen atoms in total. The molecule has 5 rings (SSSR count). The lowest BCUT2D eigenvalue weighted by Crippen LogP contribution is -2.43. The molecule has 0 spiro atoms. The maximum atomic E-state index is 13.3. The number of amides is 1. The maximum absolute atomic E-state index is 13.3. The van der Waals surface area contributed by atoms with Crippen LogP contribution in [0.15, 0.2) is 72.8 Å². The van der Waals surface area contributed by atoms with Crippen molar-refractivity contribution in [3.05, 3.63) is 83.9 Å². The number of nitrogens with zero attached hydrogens (tertiary/aromatic N) is 1. The average molecular weight is 445 g/mol. The molecule has 0 bridgehead atoms. The molecule has 0 aliphatic carbocycles. The van der Waals surface area contributed by atoms with Gasteiger partial charge in [0.25, 0.3) is 5.91 Å². The Labute approximate surface area is 191 Å². The average Bonchev–Trinajstić information content (AvgIpc) is 3.06. The third-order valence-corrected chi connectivity index (χ3v) is 5.85. The number of rotatable bonds is 7. The van der Waals surface area contributed by atoms with Gasteiger partial charge >= 0.3 is 0 Å². The molecule has 0 aromatic heterocycles. The number of fused-ring (bicyclic) bond motifs is 2. The van der Waals surface area contributed by atoms with E-state index in [4.69, 9.17) is 14.2 Å². The molecule has 2 aliphatic rings. The fourth-order valence-corrected chi connectivity index (χ4v) is 4.22. The van der Waals surface area contributed by atoms with Gasteiger partial charge in [-0.1, -0.05) is 36.4 Å². The summed E-state index contributed by atoms with van der Waals surface area (Å²) in [6.45, 7) is 1.34. The Morgan fingerprint density at radius 1 is 0.970 bits per heavy atom. The van der Waals surface area contributed by atoms with Crippen molar-refractivity contribution < 1.29 is 28.9 Å². The molecule has 33 heavy (non-hydrogen) atoms. The zero-order chi connectivity index (χ0) is 22.8. The van der Waals surface area contributed by atoms with Gasteiger partial charge in [0.1, 0.15) is 25.6 Å². The number of ketones is 1. The van der Waals surface area contributed by atoms with Crippen molar-refractivity contribution in [3.8, 4) is 17.2 Å². The fourth-order valence-electron chi connectivity index (χ4n) is 4.22. The predicted octanol–water partition coefficient (Wildman–Crippen LogP) is 3.34. The van der Waals surface area contributed by atoms with Crippen LogP contribution in [0, 0.1) is 0 Å². The summed E-state index contributed by atoms with van der Waals surface area (Å²) in [5, 5.41) is 11.5. The monoisotopic (exact) mass is 445 g/mol. The Morgan fingerprint density at radius 2 is 1.70 bits per heavy atom. The molecule has 0 saturated heterocycles. The van der Waals surface area contributed by atoms with Crippen LogP contribution in [-0.4, -0.2) is 43.2 Å². The van der Waals surface area contributed by atoms with Gasteiger partial charge in [-0.25, -0.2) is 0 Å². The smallest absolute Gasteiger partial charge is 0.264 e. The molecule has 1 atom stereocenters. The quantitative estimate of drug-likeness (QED) is 0.562. The highest BCUT2D eigenvalue weighted by atomic mass is 16.6. The van der Waals surface area contributed by atoms with Crippen LogP contribution >= 0.6 is 0 Å². The first-order valence-corrected chi connectivity index (χ1v) is 10.8. The Kier molecular flexibility index (Phi) is 5.48. The number of carbonyl (C=O) groups is 2. The molecule has 7 heteroatoms. The zero-order valence-electron chi connectivity index (χ0n) is 17.9. The molecule has 0 saturated carbocycles. The summed E-state index contributed by atoms with van der Waals surface area (Å²) in [6.07, 6.45) is -0.376. The Balaban J connectivity index is 1.35. The number of Topliss-reactive ketones (excluding diaryl/α,β-unsaturated/α-hetero) is 1. The second kappa shape index (κ2) is 8.60. The van der Waals surface area contributed by atoms with Gasteiger partial charge < -0.3 is 24.2 Å². The number of carbonyl (C=O) groups excluding carboxylic acids is 2. The number of hydrogen-bond donors (Lipinski definition) is 1. The summed E-state index contributed by atoms with van der Waals surface area (Å²) in [5.74, 6) is 0.855. The summed E-state index contributed by atoms with van der Waals surface area (Å²) in [7, 11) is 0. The van der Waals surface area contributed by atoms with Crippen molar-refractivity contribution in [1.29, 1.82) is 0 Å². The number of aliphatic hydroxyl groups is 1. The van der Waals surface area contributed by atoms with Crippen molar-refractivity contribution in [3.63, 3.8) is 0 Å². The Hall–Kier alpha value is -3.84. The van der Waals surface area contributed by atoms with E-state index in [0.29, 0.717) is 47.3 Å². The van der Waals surface area contributed by atoms with Gasteiger partial charge in [-0.15, -0.1) is 0 Å². The van der Waals surface area contributed by atoms with E-state index in [2.05, 4.69) is 0 Å². The van der Waals surface area contributed by atoms with Gasteiger partial charge in [0.05, 0.1) is 18.7 Å². The largest absolute Gasteiger partial charge is 0.492 e. The molecule has 1 N–H and O–H groups in total. The first-order valence-electron chi connectivity index (χ1n) is 10.8. The Bertz CT molecular complexity index is 1190. The van der Waals surface area contributed by atoms with Crippen LogP contribution in [0.1, 0.15) is 22.3 Å². The standard InChI is InChI=1S/C26H23NO6/c28-22(18-10-11-23-24(16-18)33-15-14-32-23)17-26(30)20-8-4-5-9-21(20)27(25(26)29)12-13-31-19-6-2-1-3-7-19/h1-11,16,30H,12-15,17H2. The highest BCUT2D eigenvalue weighted by molar-refractivity contribution is 6.10. The molecule has 2 heterocycles. The second-order valence-electron chi connectivity index (χ2n) is 7.95. The molecule has 3 aromatic carbocycles. The number of ether oxygens (including phenoxy) is 3. The molecule has 0 fully saturated rings. The minimum atomic E-state index is -1.95. The summed E-state index contributed by atoms with van der Waals surface area (Å²) in [5.41, 5.74) is -0.603. The lowest BCUT2D eigenvalue weighted by atomic mass is 9.88. The first kappa shape index (κ1) is 21.0. The third kappa shape index (κ3) is 3.91. The number of hydrogen-bond acceptors (Lipinski definition) is 6. The van der Waals surface area contributed by atoms with Crippen molar-refractivity contribution >= 4 is 17.4 Å². The lowest BCUT2D eigenvalue weighted by molar-refractivity contribution is -0.135. The topological polar surface area (TPSA) is 85.3 Å². The molecule has 1 unspecified atom stereocenters. The maximum Gasteiger partial charge on any atom is 0.264 e. The van der Waals surface area contributed by atoms with Crippen LogP contribution in [0.4, 0.5) is 5.69 Å². The normalized spacial score (nSPS) is 18.7. The highest BCUT2D eigenvalue weighted by Crippen LogP contribution is 2.43. The summed E-state index contributed by atoms with van der Waals surface area (Å²) in [4.78, 5) is 27.9. The zero-order valence-corrected chi connectivity index (χ0v) is 17.9. The number of para-hydroxylation sites is 2. The fraction of sp³-hybridized carbons (Fsp3) is 0.231. The van der Waals surface area contributed by atoms with Gasteiger partial charge in [0.2, 0.25) is 0 Å². The van der Waals surface area contributed by atoms with Crippen LogP contribution in [-0.2, 0) is 10.4 Å². The van der Waals surface area contributed by atoms with Crippen LogP contribution in [0.25, 0.3) is 0 Å². The molecule has 168 valence electrons. The SMILES string of the molecule is O=C(CC1(O)C(=O)N(CCOc2ccccc2)c2ccccc21)c1ccc2c(c1)OCCO2. The Morgan fingerprint density at radius 3 is 2.52 bits per heavy atom. The van der Waals surface area contributed by atoms with E-state index in [0.717, 1.165) is 0 Å². The van der Waals surface area contributed by atoms with E-state index in [1.54, 1.807) is 42.5 Å². The van der Waals surface area contributed by atoms with Gasteiger partial charge in [-0.3, -0.25) is 9.59 Å².